The Kier molecular flexibility index (Phi) is 11.7. The van der Waals surface area contributed by atoms with Crippen molar-refractivity contribution in [3.8, 4) is 0 Å². The molecule has 0 atom stereocenters. The molecule has 0 aliphatic rings. The Labute approximate surface area is 186 Å². The van der Waals surface area contributed by atoms with Crippen LogP contribution in [0.2, 0.25) is 0 Å². The summed E-state index contributed by atoms with van der Waals surface area (Å²) >= 11 is 0. The summed E-state index contributed by atoms with van der Waals surface area (Å²) in [5.74, 6) is 0. The zero-order chi connectivity index (χ0) is 19.3. The van der Waals surface area contributed by atoms with Crippen molar-refractivity contribution in [2.75, 3.05) is 39.3 Å². The number of nitrogens with one attached hydrogen (secondary N) is 6. The Bertz CT molecular complexity index is 610. The molecule has 0 amide bonds. The number of rotatable bonds is 15. The van der Waals surface area contributed by atoms with E-state index in [4.69, 9.17) is 0 Å². The van der Waals surface area contributed by atoms with Gasteiger partial charge in [0.05, 0.1) is 0 Å². The zero-order valence-corrected chi connectivity index (χ0v) is 18.7. The molecule has 3 rings (SSSR count). The molecule has 8 heteroatoms. The molecule has 1 radical (unpaired) electrons. The molecule has 159 valence electrons. The van der Waals surface area contributed by atoms with Gasteiger partial charge >= 0.3 is 0 Å². The van der Waals surface area contributed by atoms with Crippen molar-refractivity contribution < 1.29 is 20.1 Å². The van der Waals surface area contributed by atoms with Gasteiger partial charge in [0, 0.05) is 115 Å². The van der Waals surface area contributed by atoms with Crippen molar-refractivity contribution in [3.05, 3.63) is 72.1 Å². The van der Waals surface area contributed by atoms with Crippen LogP contribution in [0.1, 0.15) is 17.1 Å². The second kappa shape index (κ2) is 14.3. The molecule has 0 fully saturated rings. The van der Waals surface area contributed by atoms with Crippen LogP contribution in [-0.2, 0) is 39.7 Å². The maximum atomic E-state index is 3.52. The number of H-pyrrole nitrogens is 3. The molecule has 3 aromatic rings. The average molecular weight is 482 g/mol. The van der Waals surface area contributed by atoms with E-state index in [0.717, 1.165) is 58.9 Å². The van der Waals surface area contributed by atoms with E-state index in [1.807, 2.05) is 36.8 Å². The average Bonchev–Trinajstić information content (AvgIpc) is 3.48. The summed E-state index contributed by atoms with van der Waals surface area (Å²) < 4.78 is 0. The van der Waals surface area contributed by atoms with Crippen molar-refractivity contribution in [1.29, 1.82) is 0 Å². The topological polar surface area (TPSA) is 86.7 Å². The summed E-state index contributed by atoms with van der Waals surface area (Å²) in [6, 6.07) is 12.4. The first kappa shape index (κ1) is 23.6. The summed E-state index contributed by atoms with van der Waals surface area (Å²) in [7, 11) is 0. The first-order valence-electron chi connectivity index (χ1n) is 10.1. The van der Waals surface area contributed by atoms with E-state index in [0.29, 0.717) is 0 Å². The predicted octanol–water partition coefficient (Wildman–Crippen LogP) is 1.64. The molecule has 0 aromatic carbocycles. The SMILES string of the molecule is [99Tc].c1c[nH]c(CNCCN(CCNCc2ccc[nH]2)CCNCc2ccc[nH]2)c1. The zero-order valence-electron chi connectivity index (χ0n) is 16.9. The Hall–Kier alpha value is -1.67. The quantitative estimate of drug-likeness (QED) is 0.186. The van der Waals surface area contributed by atoms with Crippen LogP contribution in [0.15, 0.2) is 55.0 Å². The van der Waals surface area contributed by atoms with E-state index in [2.05, 4.69) is 54.0 Å². The molecule has 3 aromatic heterocycles. The van der Waals surface area contributed by atoms with Crippen LogP contribution >= 0.6 is 0 Å². The van der Waals surface area contributed by atoms with Crippen molar-refractivity contribution in [2.45, 2.75) is 19.6 Å². The van der Waals surface area contributed by atoms with Crippen LogP contribution in [0, 0.1) is 0 Å². The second-order valence-corrected chi connectivity index (χ2v) is 6.96. The van der Waals surface area contributed by atoms with Crippen molar-refractivity contribution in [2.24, 2.45) is 0 Å². The molecule has 0 unspecified atom stereocenters. The van der Waals surface area contributed by atoms with Gasteiger partial charge in [-0.2, -0.15) is 0 Å². The van der Waals surface area contributed by atoms with Gasteiger partial charge < -0.3 is 30.9 Å². The largest absolute Gasteiger partial charge is 0.364 e. The van der Waals surface area contributed by atoms with Gasteiger partial charge in [-0.1, -0.05) is 0 Å². The number of aromatic amines is 3. The molecular weight excluding hydrogens is 449 g/mol. The Morgan fingerprint density at radius 1 is 0.586 bits per heavy atom. The van der Waals surface area contributed by atoms with Crippen molar-refractivity contribution in [3.63, 3.8) is 0 Å². The molecule has 29 heavy (non-hydrogen) atoms. The minimum Gasteiger partial charge on any atom is -0.364 e. The summed E-state index contributed by atoms with van der Waals surface area (Å²) in [6.07, 6.45) is 5.90. The number of aromatic nitrogens is 3. The fourth-order valence-corrected chi connectivity index (χ4v) is 3.15. The summed E-state index contributed by atoms with van der Waals surface area (Å²) in [4.78, 5) is 12.2. The van der Waals surface area contributed by atoms with Crippen LogP contribution in [0.5, 0.6) is 0 Å². The predicted molar refractivity (Wildman–Crippen MR) is 114 cm³/mol. The smallest absolute Gasteiger partial charge is 0.0357 e. The standard InChI is InChI=1S/C21H33N7.Tc/c1-4-19(25-7-1)16-22-10-13-28(14-11-23-17-20-5-2-8-26-20)15-12-24-18-21-6-3-9-27-21;/h1-9,22-27H,10-18H2;/i;1+1. The molecule has 3 heterocycles. The summed E-state index contributed by atoms with van der Waals surface area (Å²) in [5.41, 5.74) is 3.69. The Morgan fingerprint density at radius 2 is 0.931 bits per heavy atom. The van der Waals surface area contributed by atoms with E-state index < -0.39 is 0 Å². The van der Waals surface area contributed by atoms with Crippen LogP contribution < -0.4 is 16.0 Å². The van der Waals surface area contributed by atoms with Crippen LogP contribution in [-0.4, -0.2) is 59.1 Å². The van der Waals surface area contributed by atoms with Crippen LogP contribution in [0.25, 0.3) is 0 Å². The van der Waals surface area contributed by atoms with E-state index in [1.54, 1.807) is 0 Å². The van der Waals surface area contributed by atoms with Gasteiger partial charge in [0.15, 0.2) is 0 Å². The first-order valence-corrected chi connectivity index (χ1v) is 10.1. The first-order chi connectivity index (χ1) is 13.9. The number of hydrogen-bond donors (Lipinski definition) is 6. The van der Waals surface area contributed by atoms with Gasteiger partial charge in [-0.15, -0.1) is 0 Å². The molecule has 0 bridgehead atoms. The Balaban J connectivity index is 0.00000300. The summed E-state index contributed by atoms with van der Waals surface area (Å²) in [5, 5.41) is 10.6. The summed E-state index contributed by atoms with van der Waals surface area (Å²) in [6.45, 7) is 8.70. The normalized spacial score (nSPS) is 11.1. The minimum atomic E-state index is 0. The molecule has 0 saturated carbocycles. The van der Waals surface area contributed by atoms with Gasteiger partial charge in [-0.3, -0.25) is 4.90 Å². The van der Waals surface area contributed by atoms with Crippen LogP contribution in [0.4, 0.5) is 0 Å². The van der Waals surface area contributed by atoms with Gasteiger partial charge in [0.2, 0.25) is 0 Å². The monoisotopic (exact) mass is 482 g/mol. The third kappa shape index (κ3) is 9.58. The minimum absolute atomic E-state index is 0. The molecule has 0 spiro atoms. The van der Waals surface area contributed by atoms with Crippen LogP contribution in [0.3, 0.4) is 0 Å². The third-order valence-electron chi connectivity index (χ3n) is 4.75. The third-order valence-corrected chi connectivity index (χ3v) is 4.75. The molecule has 6 N–H and O–H groups in total. The van der Waals surface area contributed by atoms with Gasteiger partial charge in [-0.25, -0.2) is 0 Å². The van der Waals surface area contributed by atoms with Gasteiger partial charge in [-0.05, 0) is 36.4 Å². The molecule has 7 nitrogen and oxygen atoms in total. The molecule has 0 saturated heterocycles. The van der Waals surface area contributed by atoms with E-state index in [-0.39, 0.29) is 20.1 Å². The van der Waals surface area contributed by atoms with Crippen molar-refractivity contribution in [1.82, 2.24) is 35.8 Å². The Morgan fingerprint density at radius 3 is 1.21 bits per heavy atom. The van der Waals surface area contributed by atoms with Gasteiger partial charge in [0.1, 0.15) is 0 Å². The molecule has 0 aliphatic carbocycles. The maximum absolute atomic E-state index is 3.52. The second-order valence-electron chi connectivity index (χ2n) is 6.96. The number of hydrogen-bond acceptors (Lipinski definition) is 4. The van der Waals surface area contributed by atoms with Crippen molar-refractivity contribution >= 4 is 0 Å². The molecule has 0 aliphatic heterocycles. The molecular formula is C21H33N7Tc. The van der Waals surface area contributed by atoms with E-state index >= 15 is 0 Å². The fourth-order valence-electron chi connectivity index (χ4n) is 3.15. The maximum Gasteiger partial charge on any atom is 0.0357 e. The van der Waals surface area contributed by atoms with E-state index in [1.165, 1.54) is 17.1 Å². The van der Waals surface area contributed by atoms with Gasteiger partial charge in [0.25, 0.3) is 0 Å². The fraction of sp³-hybridized carbons (Fsp3) is 0.429. The van der Waals surface area contributed by atoms with E-state index in [9.17, 15) is 0 Å². The number of nitrogens with zero attached hydrogens (tertiary/aromatic N) is 1.